The van der Waals surface area contributed by atoms with E-state index in [0.717, 1.165) is 88.2 Å². The summed E-state index contributed by atoms with van der Waals surface area (Å²) in [6.45, 7) is 24.6. The van der Waals surface area contributed by atoms with Gasteiger partial charge in [-0.2, -0.15) is 0 Å². The number of aromatic nitrogens is 3. The number of aromatic amines is 3. The molecule has 0 radical (unpaired) electrons. The molecule has 3 aromatic rings. The SMILES string of the molecule is CCc1c2[nH]c(c1C)/C=C1\N/C(=C3\c4[nH]c(c(C)c4C(=O)[C@@H]3C(=O)OC)/C=c3\[nH]/c(c(C)c3CC)=C\2)[C@@H](CCC(=O)OC/C=C(/C)CCC[C@H](C)CCC[C@H](C)CCCC(C)C)[C@@H]1C. The Kier molecular flexibility index (Phi) is 16.3. The van der Waals surface area contributed by atoms with Crippen LogP contribution in [0.5, 0.6) is 0 Å². The summed E-state index contributed by atoms with van der Waals surface area (Å²) >= 11 is 0. The normalized spacial score (nSPS) is 22.1. The number of hydrogen-bond acceptors (Lipinski definition) is 6. The third kappa shape index (κ3) is 10.7. The first kappa shape index (κ1) is 48.7. The van der Waals surface area contributed by atoms with E-state index >= 15 is 0 Å². The number of ether oxygens (including phenoxy) is 2. The van der Waals surface area contributed by atoms with Gasteiger partial charge >= 0.3 is 11.9 Å². The van der Waals surface area contributed by atoms with Gasteiger partial charge in [-0.1, -0.05) is 99.0 Å². The average molecular weight is 875 g/mol. The number of methoxy groups -OCH3 is 1. The third-order valence-corrected chi connectivity index (χ3v) is 14.8. The maximum atomic E-state index is 14.4. The van der Waals surface area contributed by atoms with E-state index in [9.17, 15) is 14.4 Å². The minimum atomic E-state index is -1.13. The molecule has 0 aromatic carbocycles. The van der Waals surface area contributed by atoms with Gasteiger partial charge in [-0.05, 0) is 130 Å². The number of carbonyl (C=O) groups excluding carboxylic acids is 3. The molecule has 348 valence electrons. The van der Waals surface area contributed by atoms with Crippen molar-refractivity contribution in [2.45, 2.75) is 160 Å². The van der Waals surface area contributed by atoms with Gasteiger partial charge in [0.15, 0.2) is 5.78 Å². The van der Waals surface area contributed by atoms with Gasteiger partial charge in [0.1, 0.15) is 12.5 Å². The molecule has 0 amide bonds. The minimum absolute atomic E-state index is 0.0618. The molecule has 0 unspecified atom stereocenters. The standard InChI is InChI=1S/C55H78N4O5/c1-13-39-35(8)42-28-44-37(10)41(24-25-48(60)64-27-26-34(7)23-17-22-33(6)21-16-20-32(5)19-15-18-31(3)4)52(58-44)50-51(55(62)63-12)54(61)49-38(11)45(59-53(49)50)30-47-40(14-2)36(9)43(57-47)29-46(39)56-42/h26,28-33,37,41,51,56-59H,13-25,27H2,1-12H3/b34-26-,43-29-,44-28-,47-30-,52-50-/t32-,33-,37+,41+,51-/m1/s1. The zero-order valence-corrected chi connectivity index (χ0v) is 41.2. The second kappa shape index (κ2) is 21.5. The van der Waals surface area contributed by atoms with Crippen LogP contribution in [0, 0.1) is 56.3 Å². The number of H-pyrrole nitrogens is 3. The number of ketones is 1. The Bertz CT molecular complexity index is 2410. The van der Waals surface area contributed by atoms with Crippen LogP contribution in [0.1, 0.15) is 187 Å². The van der Waals surface area contributed by atoms with Crippen LogP contribution in [0.2, 0.25) is 0 Å². The van der Waals surface area contributed by atoms with Gasteiger partial charge in [0.25, 0.3) is 0 Å². The molecule has 1 aliphatic carbocycles. The highest BCUT2D eigenvalue weighted by atomic mass is 16.5. The van der Waals surface area contributed by atoms with Gasteiger partial charge in [0, 0.05) is 68.6 Å². The van der Waals surface area contributed by atoms with Crippen molar-refractivity contribution in [2.24, 2.45) is 35.5 Å². The molecule has 5 heterocycles. The Morgan fingerprint density at radius 1 is 0.766 bits per heavy atom. The summed E-state index contributed by atoms with van der Waals surface area (Å²) in [5, 5.41) is 5.76. The van der Waals surface area contributed by atoms with Crippen molar-refractivity contribution in [2.75, 3.05) is 13.7 Å². The molecule has 9 heteroatoms. The molecule has 9 nitrogen and oxygen atoms in total. The molecule has 1 fully saturated rings. The van der Waals surface area contributed by atoms with Crippen LogP contribution >= 0.6 is 0 Å². The Labute approximate surface area is 383 Å². The molecule has 8 bridgehead atoms. The van der Waals surface area contributed by atoms with Gasteiger partial charge in [-0.15, -0.1) is 0 Å². The van der Waals surface area contributed by atoms with E-state index in [-0.39, 0.29) is 36.6 Å². The summed E-state index contributed by atoms with van der Waals surface area (Å²) in [6, 6.07) is 0. The van der Waals surface area contributed by atoms with Crippen LogP contribution in [-0.2, 0) is 31.9 Å². The van der Waals surface area contributed by atoms with E-state index in [0.29, 0.717) is 23.3 Å². The molecule has 6 rings (SSSR count). The number of Topliss-reactive ketones (excluding diaryl/α,β-unsaturated/α-hetero) is 1. The van der Waals surface area contributed by atoms with Gasteiger partial charge in [0.2, 0.25) is 0 Å². The zero-order chi connectivity index (χ0) is 46.4. The monoisotopic (exact) mass is 875 g/mol. The highest BCUT2D eigenvalue weighted by Gasteiger charge is 2.48. The fourth-order valence-corrected chi connectivity index (χ4v) is 10.7. The summed E-state index contributed by atoms with van der Waals surface area (Å²) in [5.74, 6) is -0.174. The third-order valence-electron chi connectivity index (χ3n) is 14.8. The van der Waals surface area contributed by atoms with Crippen molar-refractivity contribution in [3.8, 4) is 0 Å². The first-order valence-corrected chi connectivity index (χ1v) is 24.6. The second-order valence-electron chi connectivity index (χ2n) is 19.9. The predicted octanol–water partition coefficient (Wildman–Crippen LogP) is 11.0. The van der Waals surface area contributed by atoms with E-state index in [1.165, 1.54) is 79.9 Å². The second-order valence-corrected chi connectivity index (χ2v) is 19.9. The van der Waals surface area contributed by atoms with E-state index in [1.54, 1.807) is 0 Å². The van der Waals surface area contributed by atoms with E-state index in [1.807, 2.05) is 6.92 Å². The molecule has 5 atom stereocenters. The number of esters is 2. The molecule has 4 N–H and O–H groups in total. The van der Waals surface area contributed by atoms with Crippen molar-refractivity contribution in [3.05, 3.63) is 89.9 Å². The quantitative estimate of drug-likeness (QED) is 0.0508. The van der Waals surface area contributed by atoms with Crippen LogP contribution < -0.4 is 16.0 Å². The summed E-state index contributed by atoms with van der Waals surface area (Å²) in [4.78, 5) is 52.5. The Balaban J connectivity index is 1.21. The predicted molar refractivity (Wildman–Crippen MR) is 261 cm³/mol. The lowest BCUT2D eigenvalue weighted by molar-refractivity contribution is -0.143. The summed E-state index contributed by atoms with van der Waals surface area (Å²) in [7, 11) is 1.33. The Morgan fingerprint density at radius 2 is 1.41 bits per heavy atom. The van der Waals surface area contributed by atoms with E-state index < -0.39 is 11.9 Å². The Morgan fingerprint density at radius 3 is 2.06 bits per heavy atom. The number of carbonyl (C=O) groups is 3. The first-order chi connectivity index (χ1) is 30.6. The van der Waals surface area contributed by atoms with Crippen molar-refractivity contribution in [1.29, 1.82) is 0 Å². The maximum Gasteiger partial charge on any atom is 0.321 e. The molecular formula is C55H78N4O5. The van der Waals surface area contributed by atoms with Gasteiger partial charge in [-0.3, -0.25) is 14.4 Å². The Hall–Kier alpha value is -4.79. The zero-order valence-electron chi connectivity index (χ0n) is 41.2. The van der Waals surface area contributed by atoms with Gasteiger partial charge in [0.05, 0.1) is 12.8 Å². The molecule has 0 spiro atoms. The molecule has 1 saturated heterocycles. The summed E-state index contributed by atoms with van der Waals surface area (Å²) < 4.78 is 11.1. The lowest BCUT2D eigenvalue weighted by Crippen LogP contribution is -2.25. The first-order valence-electron chi connectivity index (χ1n) is 24.6. The summed E-state index contributed by atoms with van der Waals surface area (Å²) in [5.41, 5.74) is 13.2. The maximum absolute atomic E-state index is 14.4. The van der Waals surface area contributed by atoms with Gasteiger partial charge in [-0.25, -0.2) is 0 Å². The number of allylic oxidation sites excluding steroid dienone is 3. The van der Waals surface area contributed by atoms with Crippen molar-refractivity contribution in [1.82, 2.24) is 20.3 Å². The van der Waals surface area contributed by atoms with Crippen LogP contribution in [0.3, 0.4) is 0 Å². The largest absolute Gasteiger partial charge is 0.468 e. The number of fused-ring (bicyclic) bond motifs is 7. The lowest BCUT2D eigenvalue weighted by atomic mass is 9.85. The summed E-state index contributed by atoms with van der Waals surface area (Å²) in [6.07, 6.45) is 22.3. The van der Waals surface area contributed by atoms with Crippen LogP contribution in [-0.4, -0.2) is 46.4 Å². The number of hydrogen-bond donors (Lipinski definition) is 4. The molecule has 3 aliphatic rings. The molecule has 0 saturated carbocycles. The highest BCUT2D eigenvalue weighted by Crippen LogP contribution is 2.48. The van der Waals surface area contributed by atoms with Crippen molar-refractivity contribution >= 4 is 41.5 Å². The smallest absolute Gasteiger partial charge is 0.321 e. The number of nitrogens with one attached hydrogen (secondary N) is 4. The number of rotatable bonds is 20. The van der Waals surface area contributed by atoms with Crippen molar-refractivity contribution in [3.63, 3.8) is 0 Å². The van der Waals surface area contributed by atoms with Gasteiger partial charge < -0.3 is 29.7 Å². The highest BCUT2D eigenvalue weighted by molar-refractivity contribution is 6.24. The lowest BCUT2D eigenvalue weighted by Gasteiger charge is -2.19. The van der Waals surface area contributed by atoms with Crippen LogP contribution in [0.4, 0.5) is 0 Å². The molecule has 64 heavy (non-hydrogen) atoms. The molecule has 2 aliphatic heterocycles. The fourth-order valence-electron chi connectivity index (χ4n) is 10.7. The fraction of sp³-hybridized carbons (Fsp3) is 0.582. The van der Waals surface area contributed by atoms with Crippen molar-refractivity contribution < 1.29 is 23.9 Å². The topological polar surface area (TPSA) is 129 Å². The van der Waals surface area contributed by atoms with Crippen LogP contribution in [0.25, 0.3) is 23.8 Å². The van der Waals surface area contributed by atoms with E-state index in [4.69, 9.17) is 9.47 Å². The van der Waals surface area contributed by atoms with E-state index in [2.05, 4.69) is 114 Å². The van der Waals surface area contributed by atoms with Crippen LogP contribution in [0.15, 0.2) is 23.0 Å². The average Bonchev–Trinajstić information content (AvgIpc) is 3.99. The molecular weight excluding hydrogens is 797 g/mol. The minimum Gasteiger partial charge on any atom is -0.468 e. The molecule has 3 aromatic heterocycles.